The molecule has 0 N–H and O–H groups in total. The second kappa shape index (κ2) is 4.42. The van der Waals surface area contributed by atoms with Crippen LogP contribution in [0.1, 0.15) is 16.1 Å². The number of fused-ring (bicyclic) bond motifs is 1. The summed E-state index contributed by atoms with van der Waals surface area (Å²) >= 11 is 3.35. The standard InChI is InChI=1S/C15H9BrO2/c16-12-6-3-5-11(8-12)15(17)14-9-10-4-1-2-7-13(10)18-14/h1-9H. The average molecular weight is 301 g/mol. The van der Waals surface area contributed by atoms with E-state index in [-0.39, 0.29) is 5.78 Å². The van der Waals surface area contributed by atoms with Crippen molar-refractivity contribution in [2.24, 2.45) is 0 Å². The summed E-state index contributed by atoms with van der Waals surface area (Å²) in [6, 6.07) is 16.7. The lowest BCUT2D eigenvalue weighted by atomic mass is 10.1. The maximum absolute atomic E-state index is 12.3. The molecule has 0 aliphatic carbocycles. The minimum atomic E-state index is -0.104. The number of rotatable bonds is 2. The van der Waals surface area contributed by atoms with Crippen molar-refractivity contribution in [1.29, 1.82) is 0 Å². The minimum absolute atomic E-state index is 0.104. The molecule has 0 amide bonds. The van der Waals surface area contributed by atoms with E-state index in [2.05, 4.69) is 15.9 Å². The molecule has 0 saturated carbocycles. The van der Waals surface area contributed by atoms with Crippen LogP contribution in [0.25, 0.3) is 11.0 Å². The summed E-state index contributed by atoms with van der Waals surface area (Å²) in [7, 11) is 0. The van der Waals surface area contributed by atoms with Gasteiger partial charge in [0.1, 0.15) is 5.58 Å². The van der Waals surface area contributed by atoms with Gasteiger partial charge in [-0.25, -0.2) is 0 Å². The molecule has 2 aromatic carbocycles. The van der Waals surface area contributed by atoms with Crippen LogP contribution in [0.2, 0.25) is 0 Å². The lowest BCUT2D eigenvalue weighted by Gasteiger charge is -1.97. The van der Waals surface area contributed by atoms with Crippen LogP contribution in [-0.2, 0) is 0 Å². The Morgan fingerprint density at radius 3 is 2.61 bits per heavy atom. The number of hydrogen-bond donors (Lipinski definition) is 0. The van der Waals surface area contributed by atoms with Crippen LogP contribution in [0, 0.1) is 0 Å². The van der Waals surface area contributed by atoms with Crippen molar-refractivity contribution in [3.63, 3.8) is 0 Å². The molecule has 0 radical (unpaired) electrons. The number of furan rings is 1. The highest BCUT2D eigenvalue weighted by Gasteiger charge is 2.14. The van der Waals surface area contributed by atoms with E-state index in [1.54, 1.807) is 18.2 Å². The van der Waals surface area contributed by atoms with Crippen molar-refractivity contribution < 1.29 is 9.21 Å². The summed E-state index contributed by atoms with van der Waals surface area (Å²) in [6.45, 7) is 0. The van der Waals surface area contributed by atoms with Crippen LogP contribution in [0.3, 0.4) is 0 Å². The van der Waals surface area contributed by atoms with Crippen LogP contribution < -0.4 is 0 Å². The smallest absolute Gasteiger partial charge is 0.228 e. The van der Waals surface area contributed by atoms with Gasteiger partial charge in [0.25, 0.3) is 0 Å². The lowest BCUT2D eigenvalue weighted by Crippen LogP contribution is -1.98. The van der Waals surface area contributed by atoms with Gasteiger partial charge >= 0.3 is 0 Å². The van der Waals surface area contributed by atoms with Crippen molar-refractivity contribution in [3.05, 3.63) is 70.4 Å². The number of benzene rings is 2. The van der Waals surface area contributed by atoms with E-state index in [1.807, 2.05) is 36.4 Å². The summed E-state index contributed by atoms with van der Waals surface area (Å²) in [5.74, 6) is 0.266. The first-order valence-corrected chi connectivity index (χ1v) is 6.32. The van der Waals surface area contributed by atoms with Crippen molar-refractivity contribution in [1.82, 2.24) is 0 Å². The molecule has 0 spiro atoms. The van der Waals surface area contributed by atoms with E-state index < -0.39 is 0 Å². The zero-order valence-electron chi connectivity index (χ0n) is 9.39. The van der Waals surface area contributed by atoms with E-state index in [4.69, 9.17) is 4.42 Å². The number of halogens is 1. The summed E-state index contributed by atoms with van der Waals surface area (Å²) < 4.78 is 6.44. The van der Waals surface area contributed by atoms with Gasteiger partial charge in [-0.05, 0) is 24.3 Å². The Labute approximate surface area is 112 Å². The first-order valence-electron chi connectivity index (χ1n) is 5.53. The van der Waals surface area contributed by atoms with Gasteiger partial charge in [0.2, 0.25) is 5.78 Å². The van der Waals surface area contributed by atoms with Crippen LogP contribution in [0.4, 0.5) is 0 Å². The predicted octanol–water partition coefficient (Wildman–Crippen LogP) is 4.43. The molecule has 0 saturated heterocycles. The normalized spacial score (nSPS) is 10.7. The number of ketones is 1. The van der Waals surface area contributed by atoms with Crippen molar-refractivity contribution in [2.75, 3.05) is 0 Å². The molecule has 0 aliphatic rings. The van der Waals surface area contributed by atoms with Crippen LogP contribution >= 0.6 is 15.9 Å². The van der Waals surface area contributed by atoms with Gasteiger partial charge < -0.3 is 4.42 Å². The van der Waals surface area contributed by atoms with Gasteiger partial charge in [-0.15, -0.1) is 0 Å². The third-order valence-corrected chi connectivity index (χ3v) is 3.23. The number of hydrogen-bond acceptors (Lipinski definition) is 2. The quantitative estimate of drug-likeness (QED) is 0.656. The maximum atomic E-state index is 12.3. The zero-order chi connectivity index (χ0) is 12.5. The maximum Gasteiger partial charge on any atom is 0.228 e. The highest BCUT2D eigenvalue weighted by molar-refractivity contribution is 9.10. The largest absolute Gasteiger partial charge is 0.453 e. The highest BCUT2D eigenvalue weighted by atomic mass is 79.9. The monoisotopic (exact) mass is 300 g/mol. The van der Waals surface area contributed by atoms with Gasteiger partial charge in [-0.1, -0.05) is 46.3 Å². The molecule has 3 heteroatoms. The van der Waals surface area contributed by atoms with Crippen LogP contribution in [0.5, 0.6) is 0 Å². The second-order valence-electron chi connectivity index (χ2n) is 3.99. The van der Waals surface area contributed by atoms with E-state index in [0.29, 0.717) is 11.3 Å². The summed E-state index contributed by atoms with van der Waals surface area (Å²) in [6.07, 6.45) is 0. The second-order valence-corrected chi connectivity index (χ2v) is 4.90. The topological polar surface area (TPSA) is 30.2 Å². The fourth-order valence-electron chi connectivity index (χ4n) is 1.87. The Bertz CT molecular complexity index is 695. The first kappa shape index (κ1) is 11.2. The van der Waals surface area contributed by atoms with Crippen molar-refractivity contribution in [3.8, 4) is 0 Å². The molecule has 3 rings (SSSR count). The highest BCUT2D eigenvalue weighted by Crippen LogP contribution is 2.22. The molecule has 0 bridgehead atoms. The van der Waals surface area contributed by atoms with Crippen LogP contribution in [0.15, 0.2) is 63.5 Å². The molecule has 1 heterocycles. The molecular formula is C15H9BrO2. The fourth-order valence-corrected chi connectivity index (χ4v) is 2.26. The van der Waals surface area contributed by atoms with Gasteiger partial charge in [0.15, 0.2) is 5.76 Å². The molecule has 88 valence electrons. The van der Waals surface area contributed by atoms with Gasteiger partial charge in [0.05, 0.1) is 0 Å². The Kier molecular flexibility index (Phi) is 2.76. The van der Waals surface area contributed by atoms with E-state index in [1.165, 1.54) is 0 Å². The third-order valence-electron chi connectivity index (χ3n) is 2.74. The molecule has 18 heavy (non-hydrogen) atoms. The molecular weight excluding hydrogens is 292 g/mol. The molecule has 1 aromatic heterocycles. The SMILES string of the molecule is O=C(c1cccc(Br)c1)c1cc2ccccc2o1. The average Bonchev–Trinajstić information content (AvgIpc) is 2.81. The van der Waals surface area contributed by atoms with Crippen molar-refractivity contribution in [2.45, 2.75) is 0 Å². The number of carbonyl (C=O) groups is 1. The van der Waals surface area contributed by atoms with E-state index in [0.717, 1.165) is 15.4 Å². The van der Waals surface area contributed by atoms with Crippen LogP contribution in [-0.4, -0.2) is 5.78 Å². The van der Waals surface area contributed by atoms with Gasteiger partial charge in [-0.2, -0.15) is 0 Å². The molecule has 0 fully saturated rings. The molecule has 2 nitrogen and oxygen atoms in total. The number of para-hydroxylation sites is 1. The minimum Gasteiger partial charge on any atom is -0.453 e. The molecule has 0 atom stereocenters. The molecule has 3 aromatic rings. The van der Waals surface area contributed by atoms with Gasteiger partial charge in [-0.3, -0.25) is 4.79 Å². The Balaban J connectivity index is 2.06. The van der Waals surface area contributed by atoms with Gasteiger partial charge in [0, 0.05) is 15.4 Å². The van der Waals surface area contributed by atoms with Crippen molar-refractivity contribution >= 4 is 32.7 Å². The summed E-state index contributed by atoms with van der Waals surface area (Å²) in [5, 5.41) is 0.941. The molecule has 0 unspecified atom stereocenters. The Morgan fingerprint density at radius 2 is 1.83 bits per heavy atom. The lowest BCUT2D eigenvalue weighted by molar-refractivity contribution is 0.101. The van der Waals surface area contributed by atoms with E-state index >= 15 is 0 Å². The Hall–Kier alpha value is -1.87. The predicted molar refractivity (Wildman–Crippen MR) is 73.8 cm³/mol. The Morgan fingerprint density at radius 1 is 1.00 bits per heavy atom. The summed E-state index contributed by atoms with van der Waals surface area (Å²) in [5.41, 5.74) is 1.35. The zero-order valence-corrected chi connectivity index (χ0v) is 11.0. The van der Waals surface area contributed by atoms with E-state index in [9.17, 15) is 4.79 Å². The fraction of sp³-hybridized carbons (Fsp3) is 0. The third kappa shape index (κ3) is 1.97. The number of carbonyl (C=O) groups excluding carboxylic acids is 1. The molecule has 0 aliphatic heterocycles. The summed E-state index contributed by atoms with van der Waals surface area (Å²) in [4.78, 5) is 12.3. The first-order chi connectivity index (χ1) is 8.74.